The molecule has 8 nitrogen and oxygen atoms in total. The van der Waals surface area contributed by atoms with Crippen molar-refractivity contribution in [1.82, 2.24) is 20.3 Å². The maximum atomic E-state index is 12.5. The van der Waals surface area contributed by atoms with E-state index in [-0.39, 0.29) is 30.6 Å². The molecule has 4 atom stereocenters. The highest BCUT2D eigenvalue weighted by molar-refractivity contribution is 7.99. The van der Waals surface area contributed by atoms with E-state index in [1.54, 1.807) is 54.7 Å². The maximum absolute atomic E-state index is 12.5. The number of amides is 1. The Morgan fingerprint density at radius 3 is 2.38 bits per heavy atom. The Balaban J connectivity index is 1.22. The van der Waals surface area contributed by atoms with E-state index in [1.807, 2.05) is 48.5 Å². The van der Waals surface area contributed by atoms with Crippen molar-refractivity contribution >= 4 is 17.7 Å². The van der Waals surface area contributed by atoms with E-state index in [1.165, 1.54) is 0 Å². The predicted molar refractivity (Wildman–Crippen MR) is 173 cm³/mol. The normalized spacial score (nSPS) is 19.6. The van der Waals surface area contributed by atoms with Crippen LogP contribution in [0.2, 0.25) is 0 Å². The van der Waals surface area contributed by atoms with E-state index in [0.29, 0.717) is 23.0 Å². The molecule has 6 rings (SSSR count). The van der Waals surface area contributed by atoms with Crippen LogP contribution < -0.4 is 5.32 Å². The fourth-order valence-corrected chi connectivity index (χ4v) is 6.30. The van der Waals surface area contributed by atoms with Crippen molar-refractivity contribution in [3.63, 3.8) is 0 Å². The lowest BCUT2D eigenvalue weighted by molar-refractivity contribution is -0.268. The fraction of sp³-hybridized carbons (Fsp3) is 0.222. The summed E-state index contributed by atoms with van der Waals surface area (Å²) in [7, 11) is 0. The second-order valence-electron chi connectivity index (χ2n) is 10.9. The van der Waals surface area contributed by atoms with Crippen molar-refractivity contribution in [3.8, 4) is 11.1 Å². The Bertz CT molecular complexity index is 1710. The molecule has 9 heteroatoms. The van der Waals surface area contributed by atoms with Crippen LogP contribution >= 0.6 is 11.8 Å². The molecule has 0 radical (unpaired) electrons. The molecular weight excluding hydrogens is 584 g/mol. The molecule has 5 aromatic rings. The van der Waals surface area contributed by atoms with Gasteiger partial charge in [0.05, 0.1) is 24.4 Å². The van der Waals surface area contributed by atoms with Gasteiger partial charge in [-0.15, -0.1) is 0 Å². The van der Waals surface area contributed by atoms with Gasteiger partial charge in [-0.25, -0.2) is 9.97 Å². The summed E-state index contributed by atoms with van der Waals surface area (Å²) in [6, 6.07) is 29.5. The van der Waals surface area contributed by atoms with Crippen LogP contribution in [0.5, 0.6) is 0 Å². The van der Waals surface area contributed by atoms with Crippen LogP contribution in [-0.2, 0) is 22.6 Å². The highest BCUT2D eigenvalue weighted by Crippen LogP contribution is 2.43. The van der Waals surface area contributed by atoms with Gasteiger partial charge in [-0.1, -0.05) is 79.3 Å². The van der Waals surface area contributed by atoms with Gasteiger partial charge in [0.2, 0.25) is 0 Å². The van der Waals surface area contributed by atoms with E-state index in [0.717, 1.165) is 33.4 Å². The second kappa shape index (κ2) is 14.6. The van der Waals surface area contributed by atoms with Crippen LogP contribution in [0.15, 0.2) is 121 Å². The van der Waals surface area contributed by atoms with Gasteiger partial charge >= 0.3 is 0 Å². The first-order chi connectivity index (χ1) is 22.1. The molecule has 0 aliphatic carbocycles. The first-order valence-corrected chi connectivity index (χ1v) is 15.8. The Labute approximate surface area is 266 Å². The van der Waals surface area contributed by atoms with Crippen molar-refractivity contribution in [2.75, 3.05) is 5.75 Å². The molecule has 0 saturated carbocycles. The highest BCUT2D eigenvalue weighted by Gasteiger charge is 2.38. The molecule has 2 N–H and O–H groups in total. The lowest BCUT2D eigenvalue weighted by Gasteiger charge is -2.41. The van der Waals surface area contributed by atoms with Crippen LogP contribution in [0, 0.1) is 5.92 Å². The third-order valence-corrected chi connectivity index (χ3v) is 8.80. The zero-order valence-corrected chi connectivity index (χ0v) is 25.6. The largest absolute Gasteiger partial charge is 0.392 e. The van der Waals surface area contributed by atoms with E-state index in [9.17, 15) is 9.90 Å². The van der Waals surface area contributed by atoms with Crippen LogP contribution in [0.4, 0.5) is 0 Å². The Kier molecular flexibility index (Phi) is 9.92. The van der Waals surface area contributed by atoms with Crippen molar-refractivity contribution in [2.45, 2.75) is 43.7 Å². The molecule has 0 bridgehead atoms. The number of aliphatic hydroxyl groups is 1. The fourth-order valence-electron chi connectivity index (χ4n) is 5.33. The molecule has 3 aromatic carbocycles. The predicted octanol–water partition coefficient (Wildman–Crippen LogP) is 6.54. The average Bonchev–Trinajstić information content (AvgIpc) is 3.11. The molecular formula is C36H34N4O4S. The summed E-state index contributed by atoms with van der Waals surface area (Å²) in [4.78, 5) is 25.3. The third kappa shape index (κ3) is 7.64. The van der Waals surface area contributed by atoms with Crippen molar-refractivity contribution < 1.29 is 19.4 Å². The van der Waals surface area contributed by atoms with Gasteiger partial charge in [-0.2, -0.15) is 0 Å². The zero-order valence-electron chi connectivity index (χ0n) is 24.8. The van der Waals surface area contributed by atoms with Gasteiger partial charge < -0.3 is 19.9 Å². The number of thioether (sulfide) groups is 1. The van der Waals surface area contributed by atoms with Crippen LogP contribution in [0.3, 0.4) is 0 Å². The summed E-state index contributed by atoms with van der Waals surface area (Å²) >= 11 is 1.57. The minimum atomic E-state index is -0.590. The van der Waals surface area contributed by atoms with Gasteiger partial charge in [0.25, 0.3) is 5.91 Å². The molecule has 2 aromatic heterocycles. The monoisotopic (exact) mass is 618 g/mol. The summed E-state index contributed by atoms with van der Waals surface area (Å²) < 4.78 is 13.3. The minimum Gasteiger partial charge on any atom is -0.392 e. The highest BCUT2D eigenvalue weighted by atomic mass is 32.2. The maximum Gasteiger partial charge on any atom is 0.253 e. The average molecular weight is 619 g/mol. The number of pyridine rings is 1. The standard InChI is InChI=1S/C36H34N4O4S/c1-24-32(23-45-36-38-16-5-17-39-36)43-35(44-33(24)27-13-11-25(22-41)12-14-27)30-9-3-8-29(19-30)28-7-2-6-26(18-28)20-40-34(42)31-10-4-15-37-21-31/h2-19,21,24,32-33,35,41H,20,22-23H2,1H3,(H,40,42)/t24-,32+,33+,35+/m1/s1. The zero-order chi connectivity index (χ0) is 31.0. The number of benzene rings is 3. The Hall–Kier alpha value is -4.41. The summed E-state index contributed by atoms with van der Waals surface area (Å²) in [5.41, 5.74) is 6.37. The number of rotatable bonds is 10. The molecule has 228 valence electrons. The molecule has 3 heterocycles. The molecule has 0 unspecified atom stereocenters. The van der Waals surface area contributed by atoms with Crippen LogP contribution in [0.25, 0.3) is 11.1 Å². The Morgan fingerprint density at radius 1 is 0.844 bits per heavy atom. The first kappa shape index (κ1) is 30.6. The van der Waals surface area contributed by atoms with Gasteiger partial charge in [-0.05, 0) is 58.1 Å². The second-order valence-corrected chi connectivity index (χ2v) is 11.9. The number of nitrogens with one attached hydrogen (secondary N) is 1. The summed E-state index contributed by atoms with van der Waals surface area (Å²) in [5.74, 6) is 0.561. The number of nitrogens with zero attached hydrogens (tertiary/aromatic N) is 3. The number of aliphatic hydroxyl groups excluding tert-OH is 1. The summed E-state index contributed by atoms with van der Waals surface area (Å²) in [6.45, 7) is 2.54. The molecule has 45 heavy (non-hydrogen) atoms. The molecule has 1 saturated heterocycles. The Morgan fingerprint density at radius 2 is 1.62 bits per heavy atom. The lowest BCUT2D eigenvalue weighted by atomic mass is 9.91. The number of hydrogen-bond acceptors (Lipinski definition) is 8. The van der Waals surface area contributed by atoms with E-state index in [2.05, 4.69) is 51.5 Å². The summed E-state index contributed by atoms with van der Waals surface area (Å²) in [5, 5.41) is 13.2. The minimum absolute atomic E-state index is 0.00565. The molecule has 1 fully saturated rings. The van der Waals surface area contributed by atoms with E-state index in [4.69, 9.17) is 9.47 Å². The van der Waals surface area contributed by atoms with Gasteiger partial charge in [-0.3, -0.25) is 9.78 Å². The van der Waals surface area contributed by atoms with Crippen LogP contribution in [0.1, 0.15) is 51.9 Å². The quantitative estimate of drug-likeness (QED) is 0.134. The van der Waals surface area contributed by atoms with Gasteiger partial charge in [0, 0.05) is 48.6 Å². The SMILES string of the molecule is C[C@@H]1[C@H](CSc2ncccn2)O[C@H](c2cccc(-c3cccc(CNC(=O)c4cccnc4)c3)c2)O[C@@H]1c1ccc(CO)cc1. The molecule has 1 aliphatic rings. The van der Waals surface area contributed by atoms with Crippen molar-refractivity contribution in [2.24, 2.45) is 5.92 Å². The number of carbonyl (C=O) groups is 1. The van der Waals surface area contributed by atoms with Gasteiger partial charge in [0.15, 0.2) is 11.4 Å². The van der Waals surface area contributed by atoms with Crippen molar-refractivity contribution in [3.05, 3.63) is 144 Å². The first-order valence-electron chi connectivity index (χ1n) is 14.9. The topological polar surface area (TPSA) is 106 Å². The lowest BCUT2D eigenvalue weighted by Crippen LogP contribution is -2.38. The number of aromatic nitrogens is 3. The number of ether oxygens (including phenoxy) is 2. The van der Waals surface area contributed by atoms with Gasteiger partial charge in [0.1, 0.15) is 0 Å². The number of carbonyl (C=O) groups excluding carboxylic acids is 1. The number of hydrogen-bond donors (Lipinski definition) is 2. The van der Waals surface area contributed by atoms with E-state index < -0.39 is 6.29 Å². The smallest absolute Gasteiger partial charge is 0.253 e. The van der Waals surface area contributed by atoms with Crippen LogP contribution in [-0.4, -0.2) is 37.8 Å². The molecule has 0 spiro atoms. The molecule has 1 aliphatic heterocycles. The van der Waals surface area contributed by atoms with E-state index >= 15 is 0 Å². The molecule has 1 amide bonds. The third-order valence-electron chi connectivity index (χ3n) is 7.84. The summed E-state index contributed by atoms with van der Waals surface area (Å²) in [6.07, 6.45) is 5.76. The van der Waals surface area contributed by atoms with Crippen molar-refractivity contribution in [1.29, 1.82) is 0 Å².